The van der Waals surface area contributed by atoms with Crippen LogP contribution in [0.25, 0.3) is 0 Å². The molecule has 0 N–H and O–H groups in total. The molecule has 1 aromatic carbocycles. The number of nitrogens with zero attached hydrogens (tertiary/aromatic N) is 1. The molecule has 2 rings (SSSR count). The minimum Gasteiger partial charge on any atom is -0.493 e. The van der Waals surface area contributed by atoms with E-state index in [2.05, 4.69) is 0 Å². The van der Waals surface area contributed by atoms with Crippen LogP contribution in [0.5, 0.6) is 11.5 Å². The van der Waals surface area contributed by atoms with Crippen molar-refractivity contribution in [1.82, 2.24) is 4.90 Å². The number of carbonyl (C=O) groups excluding carboxylic acids is 2. The fraction of sp³-hybridized carbons (Fsp3) is 0.556. The summed E-state index contributed by atoms with van der Waals surface area (Å²) in [5, 5.41) is 0. The van der Waals surface area contributed by atoms with Crippen molar-refractivity contribution in [3.05, 3.63) is 23.8 Å². The standard InChI is InChI=1S/C18H25NO5/c1-12-10-19(11-13(2)24-12)18(21)8-6-15(20)14-5-7-16(22-3)17(9-14)23-4/h5,7,9,12-13H,6,8,10-11H2,1-4H3/t12-,13-/m0/s1. The van der Waals surface area contributed by atoms with Crippen LogP contribution in [0.3, 0.4) is 0 Å². The maximum absolute atomic E-state index is 12.3. The Labute approximate surface area is 142 Å². The highest BCUT2D eigenvalue weighted by atomic mass is 16.5. The van der Waals surface area contributed by atoms with Gasteiger partial charge >= 0.3 is 0 Å². The second-order valence-electron chi connectivity index (χ2n) is 6.05. The van der Waals surface area contributed by atoms with Gasteiger partial charge in [-0.15, -0.1) is 0 Å². The Kier molecular flexibility index (Phi) is 6.20. The van der Waals surface area contributed by atoms with Crippen molar-refractivity contribution >= 4 is 11.7 Å². The second-order valence-corrected chi connectivity index (χ2v) is 6.05. The van der Waals surface area contributed by atoms with Crippen LogP contribution in [0, 0.1) is 0 Å². The minimum absolute atomic E-state index is 0.00849. The molecule has 1 amide bonds. The number of ketones is 1. The zero-order chi connectivity index (χ0) is 17.7. The van der Waals surface area contributed by atoms with Crippen molar-refractivity contribution in [2.75, 3.05) is 27.3 Å². The molecule has 0 bridgehead atoms. The van der Waals surface area contributed by atoms with Crippen LogP contribution in [-0.4, -0.2) is 56.1 Å². The Hall–Kier alpha value is -2.08. The van der Waals surface area contributed by atoms with E-state index in [-0.39, 0.29) is 36.7 Å². The third kappa shape index (κ3) is 4.47. The van der Waals surface area contributed by atoms with Crippen LogP contribution in [0.15, 0.2) is 18.2 Å². The Bertz CT molecular complexity index is 591. The number of amides is 1. The van der Waals surface area contributed by atoms with Crippen LogP contribution >= 0.6 is 0 Å². The van der Waals surface area contributed by atoms with Gasteiger partial charge in [0.2, 0.25) is 5.91 Å². The van der Waals surface area contributed by atoms with Gasteiger partial charge in [0.25, 0.3) is 0 Å². The largest absolute Gasteiger partial charge is 0.493 e. The molecule has 1 aliphatic heterocycles. The first-order valence-corrected chi connectivity index (χ1v) is 8.13. The van der Waals surface area contributed by atoms with E-state index in [0.717, 1.165) is 0 Å². The molecule has 0 aromatic heterocycles. The van der Waals surface area contributed by atoms with Gasteiger partial charge in [-0.3, -0.25) is 9.59 Å². The summed E-state index contributed by atoms with van der Waals surface area (Å²) in [6.07, 6.45) is 0.430. The molecule has 0 saturated carbocycles. The Morgan fingerprint density at radius 2 is 1.71 bits per heavy atom. The maximum Gasteiger partial charge on any atom is 0.223 e. The van der Waals surface area contributed by atoms with E-state index in [1.807, 2.05) is 13.8 Å². The summed E-state index contributed by atoms with van der Waals surface area (Å²) in [5.41, 5.74) is 0.518. The number of hydrogen-bond acceptors (Lipinski definition) is 5. The lowest BCUT2D eigenvalue weighted by molar-refractivity contribution is -0.143. The molecule has 24 heavy (non-hydrogen) atoms. The smallest absolute Gasteiger partial charge is 0.223 e. The zero-order valence-electron chi connectivity index (χ0n) is 14.7. The molecule has 6 nitrogen and oxygen atoms in total. The SMILES string of the molecule is COc1ccc(C(=O)CCC(=O)N2C[C@H](C)O[C@@H](C)C2)cc1OC. The summed E-state index contributed by atoms with van der Waals surface area (Å²) < 4.78 is 16.0. The van der Waals surface area contributed by atoms with Gasteiger partial charge in [0.1, 0.15) is 0 Å². The van der Waals surface area contributed by atoms with Crippen LogP contribution < -0.4 is 9.47 Å². The van der Waals surface area contributed by atoms with Gasteiger partial charge in [-0.05, 0) is 32.0 Å². The first kappa shape index (κ1) is 18.3. The number of benzene rings is 1. The predicted octanol–water partition coefficient (Wildman–Crippen LogP) is 2.30. The molecule has 0 unspecified atom stereocenters. The average Bonchev–Trinajstić information content (AvgIpc) is 2.57. The van der Waals surface area contributed by atoms with Crippen molar-refractivity contribution < 1.29 is 23.8 Å². The zero-order valence-corrected chi connectivity index (χ0v) is 14.7. The molecule has 1 saturated heterocycles. The first-order chi connectivity index (χ1) is 11.4. The number of morpholine rings is 1. The quantitative estimate of drug-likeness (QED) is 0.747. The molecule has 132 valence electrons. The summed E-state index contributed by atoms with van der Waals surface area (Å²) in [7, 11) is 3.07. The van der Waals surface area contributed by atoms with Gasteiger partial charge in [-0.1, -0.05) is 0 Å². The monoisotopic (exact) mass is 335 g/mol. The highest BCUT2D eigenvalue weighted by Crippen LogP contribution is 2.28. The number of ether oxygens (including phenoxy) is 3. The first-order valence-electron chi connectivity index (χ1n) is 8.13. The number of Topliss-reactive ketones (excluding diaryl/α,β-unsaturated/α-hetero) is 1. The molecule has 6 heteroatoms. The Morgan fingerprint density at radius 3 is 2.29 bits per heavy atom. The fourth-order valence-corrected chi connectivity index (χ4v) is 2.91. The Morgan fingerprint density at radius 1 is 1.08 bits per heavy atom. The minimum atomic E-state index is -0.0846. The van der Waals surface area contributed by atoms with E-state index in [9.17, 15) is 9.59 Å². The van der Waals surface area contributed by atoms with E-state index < -0.39 is 0 Å². The summed E-state index contributed by atoms with van der Waals surface area (Å²) in [4.78, 5) is 26.4. The normalized spacial score (nSPS) is 20.6. The van der Waals surface area contributed by atoms with Gasteiger partial charge in [-0.25, -0.2) is 0 Å². The van der Waals surface area contributed by atoms with Gasteiger partial charge in [-0.2, -0.15) is 0 Å². The highest BCUT2D eigenvalue weighted by molar-refractivity contribution is 5.98. The summed E-state index contributed by atoms with van der Waals surface area (Å²) >= 11 is 0. The fourth-order valence-electron chi connectivity index (χ4n) is 2.91. The van der Waals surface area contributed by atoms with Crippen LogP contribution in [-0.2, 0) is 9.53 Å². The molecule has 0 aliphatic carbocycles. The lowest BCUT2D eigenvalue weighted by Crippen LogP contribution is -2.48. The molecule has 1 heterocycles. The van der Waals surface area contributed by atoms with Gasteiger partial charge in [0.15, 0.2) is 17.3 Å². The molecule has 1 aromatic rings. The average molecular weight is 335 g/mol. The van der Waals surface area contributed by atoms with Crippen molar-refractivity contribution in [3.63, 3.8) is 0 Å². The van der Waals surface area contributed by atoms with Crippen LogP contribution in [0.2, 0.25) is 0 Å². The maximum atomic E-state index is 12.3. The lowest BCUT2D eigenvalue weighted by atomic mass is 10.1. The van der Waals surface area contributed by atoms with Crippen molar-refractivity contribution in [1.29, 1.82) is 0 Å². The van der Waals surface area contributed by atoms with Crippen molar-refractivity contribution in [3.8, 4) is 11.5 Å². The molecule has 1 aliphatic rings. The molecule has 0 radical (unpaired) electrons. The van der Waals surface area contributed by atoms with Gasteiger partial charge in [0.05, 0.1) is 26.4 Å². The summed E-state index contributed by atoms with van der Waals surface area (Å²) in [6.45, 7) is 5.05. The van der Waals surface area contributed by atoms with Crippen LogP contribution in [0.4, 0.5) is 0 Å². The summed E-state index contributed by atoms with van der Waals surface area (Å²) in [5.74, 6) is 0.983. The highest BCUT2D eigenvalue weighted by Gasteiger charge is 2.26. The van der Waals surface area contributed by atoms with E-state index in [1.54, 1.807) is 30.2 Å². The van der Waals surface area contributed by atoms with Crippen molar-refractivity contribution in [2.45, 2.75) is 38.9 Å². The second kappa shape index (κ2) is 8.15. The third-order valence-electron chi connectivity index (χ3n) is 4.04. The van der Waals surface area contributed by atoms with Gasteiger partial charge in [0, 0.05) is 31.5 Å². The lowest BCUT2D eigenvalue weighted by Gasteiger charge is -2.35. The van der Waals surface area contributed by atoms with E-state index in [1.165, 1.54) is 7.11 Å². The van der Waals surface area contributed by atoms with Gasteiger partial charge < -0.3 is 19.1 Å². The summed E-state index contributed by atoms with van der Waals surface area (Å²) in [6, 6.07) is 5.02. The van der Waals surface area contributed by atoms with E-state index >= 15 is 0 Å². The topological polar surface area (TPSA) is 65.1 Å². The van der Waals surface area contributed by atoms with Crippen LogP contribution in [0.1, 0.15) is 37.0 Å². The number of methoxy groups -OCH3 is 2. The molecule has 1 fully saturated rings. The van der Waals surface area contributed by atoms with E-state index in [4.69, 9.17) is 14.2 Å². The number of rotatable bonds is 6. The molecule has 0 spiro atoms. The Balaban J connectivity index is 1.94. The third-order valence-corrected chi connectivity index (χ3v) is 4.04. The van der Waals surface area contributed by atoms with Crippen molar-refractivity contribution in [2.24, 2.45) is 0 Å². The number of hydrogen-bond donors (Lipinski definition) is 0. The molecular formula is C18H25NO5. The molecular weight excluding hydrogens is 310 g/mol. The predicted molar refractivity (Wildman–Crippen MR) is 89.7 cm³/mol. The van der Waals surface area contributed by atoms with E-state index in [0.29, 0.717) is 30.2 Å². The number of carbonyl (C=O) groups is 2. The molecule has 2 atom stereocenters.